The summed E-state index contributed by atoms with van der Waals surface area (Å²) in [5, 5.41) is 10.1. The number of benzene rings is 8. The molecular formula is C44H28O. The highest BCUT2D eigenvalue weighted by Crippen LogP contribution is 2.39. The van der Waals surface area contributed by atoms with E-state index in [1.54, 1.807) is 0 Å². The lowest BCUT2D eigenvalue weighted by molar-refractivity contribution is 0.597. The molecule has 0 unspecified atom stereocenters. The van der Waals surface area contributed by atoms with Crippen molar-refractivity contribution in [2.24, 2.45) is 0 Å². The molecule has 0 aliphatic carbocycles. The molecule has 0 saturated carbocycles. The smallest absolute Gasteiger partial charge is 0.134 e. The number of hydrogen-bond donors (Lipinski definition) is 0. The average molecular weight is 573 g/mol. The van der Waals surface area contributed by atoms with Crippen LogP contribution in [-0.2, 0) is 0 Å². The molecule has 1 aromatic heterocycles. The molecule has 0 aliphatic rings. The molecule has 0 aliphatic heterocycles. The molecule has 8 aromatic carbocycles. The third-order valence-corrected chi connectivity index (χ3v) is 9.06. The molecular weight excluding hydrogens is 544 g/mol. The molecule has 0 bridgehead atoms. The molecule has 1 heteroatoms. The van der Waals surface area contributed by atoms with Crippen molar-refractivity contribution >= 4 is 43.1 Å². The number of furan rings is 1. The molecule has 0 spiro atoms. The standard InChI is InChI=1S/C44H28O/c1-4-15-36-33(12-1)28-41(40-19-8-7-18-39(36)40)29-20-22-30(23-21-29)42-24-25-43(45-42)34-13-9-14-35(27-34)44-37-16-5-2-10-31(37)26-32-11-3-6-17-38(32)44/h1-28H. The zero-order valence-electron chi connectivity index (χ0n) is 24.6. The van der Waals surface area contributed by atoms with Gasteiger partial charge in [0.1, 0.15) is 11.5 Å². The topological polar surface area (TPSA) is 13.1 Å². The summed E-state index contributed by atoms with van der Waals surface area (Å²) in [5.41, 5.74) is 7.01. The molecule has 1 heterocycles. The third kappa shape index (κ3) is 4.32. The Hall–Kier alpha value is -5.92. The Balaban J connectivity index is 1.08. The second-order valence-electron chi connectivity index (χ2n) is 11.7. The second-order valence-corrected chi connectivity index (χ2v) is 11.7. The Morgan fingerprint density at radius 3 is 1.49 bits per heavy atom. The molecule has 45 heavy (non-hydrogen) atoms. The predicted molar refractivity (Wildman–Crippen MR) is 190 cm³/mol. The van der Waals surface area contributed by atoms with Crippen LogP contribution < -0.4 is 0 Å². The molecule has 1 nitrogen and oxygen atoms in total. The fourth-order valence-electron chi connectivity index (χ4n) is 6.91. The van der Waals surface area contributed by atoms with Crippen LogP contribution in [0, 0.1) is 0 Å². The van der Waals surface area contributed by atoms with Gasteiger partial charge in [-0.15, -0.1) is 0 Å². The van der Waals surface area contributed by atoms with Crippen LogP contribution in [0.4, 0.5) is 0 Å². The van der Waals surface area contributed by atoms with Crippen molar-refractivity contribution < 1.29 is 4.42 Å². The summed E-state index contributed by atoms with van der Waals surface area (Å²) < 4.78 is 6.50. The highest BCUT2D eigenvalue weighted by atomic mass is 16.3. The molecule has 9 rings (SSSR count). The molecule has 0 amide bonds. The van der Waals surface area contributed by atoms with Crippen molar-refractivity contribution in [1.29, 1.82) is 0 Å². The van der Waals surface area contributed by atoms with Gasteiger partial charge >= 0.3 is 0 Å². The number of rotatable bonds is 4. The Morgan fingerprint density at radius 2 is 0.800 bits per heavy atom. The van der Waals surface area contributed by atoms with Crippen molar-refractivity contribution in [3.8, 4) is 44.9 Å². The number of hydrogen-bond acceptors (Lipinski definition) is 1. The van der Waals surface area contributed by atoms with E-state index in [2.05, 4.69) is 170 Å². The van der Waals surface area contributed by atoms with Gasteiger partial charge in [-0.3, -0.25) is 0 Å². The molecule has 0 fully saturated rings. The fraction of sp³-hybridized carbons (Fsp3) is 0. The van der Waals surface area contributed by atoms with E-state index < -0.39 is 0 Å². The van der Waals surface area contributed by atoms with Gasteiger partial charge in [0.15, 0.2) is 0 Å². The highest BCUT2D eigenvalue weighted by Gasteiger charge is 2.14. The highest BCUT2D eigenvalue weighted by molar-refractivity contribution is 6.14. The normalized spacial score (nSPS) is 11.6. The lowest BCUT2D eigenvalue weighted by Crippen LogP contribution is -1.86. The molecule has 0 N–H and O–H groups in total. The minimum absolute atomic E-state index is 0.862. The van der Waals surface area contributed by atoms with Crippen LogP contribution in [-0.4, -0.2) is 0 Å². The van der Waals surface area contributed by atoms with E-state index in [4.69, 9.17) is 4.42 Å². The third-order valence-electron chi connectivity index (χ3n) is 9.06. The largest absolute Gasteiger partial charge is 0.456 e. The predicted octanol–water partition coefficient (Wildman–Crippen LogP) is 12.6. The summed E-state index contributed by atoms with van der Waals surface area (Å²) in [5.74, 6) is 1.72. The van der Waals surface area contributed by atoms with Gasteiger partial charge in [-0.1, -0.05) is 140 Å². The van der Waals surface area contributed by atoms with Crippen LogP contribution in [0.3, 0.4) is 0 Å². The van der Waals surface area contributed by atoms with Gasteiger partial charge in [0.2, 0.25) is 0 Å². The molecule has 0 atom stereocenters. The molecule has 0 saturated heterocycles. The molecule has 210 valence electrons. The monoisotopic (exact) mass is 572 g/mol. The van der Waals surface area contributed by atoms with Crippen LogP contribution in [0.5, 0.6) is 0 Å². The van der Waals surface area contributed by atoms with Crippen LogP contribution in [0.2, 0.25) is 0 Å². The van der Waals surface area contributed by atoms with Gasteiger partial charge in [-0.2, -0.15) is 0 Å². The maximum atomic E-state index is 6.50. The van der Waals surface area contributed by atoms with E-state index in [1.165, 1.54) is 65.3 Å². The summed E-state index contributed by atoms with van der Waals surface area (Å²) in [7, 11) is 0. The summed E-state index contributed by atoms with van der Waals surface area (Å²) in [6.07, 6.45) is 0. The van der Waals surface area contributed by atoms with Crippen molar-refractivity contribution in [2.45, 2.75) is 0 Å². The van der Waals surface area contributed by atoms with Crippen LogP contribution in [0.25, 0.3) is 88.0 Å². The minimum Gasteiger partial charge on any atom is -0.456 e. The SMILES string of the molecule is c1cc(-c2ccc(-c3ccc(-c4cc5ccccc5c5ccccc45)cc3)o2)cc(-c2c3ccccc3cc3ccccc23)c1. The van der Waals surface area contributed by atoms with Gasteiger partial charge in [0, 0.05) is 11.1 Å². The first kappa shape index (κ1) is 25.6. The maximum Gasteiger partial charge on any atom is 0.134 e. The summed E-state index contributed by atoms with van der Waals surface area (Å²) >= 11 is 0. The van der Waals surface area contributed by atoms with Crippen molar-refractivity contribution in [1.82, 2.24) is 0 Å². The lowest BCUT2D eigenvalue weighted by atomic mass is 9.91. The van der Waals surface area contributed by atoms with Gasteiger partial charge in [-0.25, -0.2) is 0 Å². The quantitative estimate of drug-likeness (QED) is 0.151. The lowest BCUT2D eigenvalue weighted by Gasteiger charge is -2.13. The van der Waals surface area contributed by atoms with Crippen molar-refractivity contribution in [2.75, 3.05) is 0 Å². The Bertz CT molecular complexity index is 2480. The second kappa shape index (κ2) is 10.4. The first-order valence-electron chi connectivity index (χ1n) is 15.4. The zero-order valence-corrected chi connectivity index (χ0v) is 24.6. The van der Waals surface area contributed by atoms with Gasteiger partial charge in [0.25, 0.3) is 0 Å². The van der Waals surface area contributed by atoms with E-state index in [1.807, 2.05) is 0 Å². The first-order valence-corrected chi connectivity index (χ1v) is 15.4. The summed E-state index contributed by atoms with van der Waals surface area (Å²) in [4.78, 5) is 0. The fourth-order valence-corrected chi connectivity index (χ4v) is 6.91. The summed E-state index contributed by atoms with van der Waals surface area (Å²) in [6, 6.07) is 60.8. The van der Waals surface area contributed by atoms with E-state index in [0.717, 1.165) is 22.6 Å². The first-order chi connectivity index (χ1) is 22.3. The van der Waals surface area contributed by atoms with Gasteiger partial charge < -0.3 is 4.42 Å². The zero-order chi connectivity index (χ0) is 29.7. The number of fused-ring (bicyclic) bond motifs is 5. The molecule has 9 aromatic rings. The Morgan fingerprint density at radius 1 is 0.289 bits per heavy atom. The maximum absolute atomic E-state index is 6.50. The van der Waals surface area contributed by atoms with Gasteiger partial charge in [0.05, 0.1) is 0 Å². The Labute approximate surface area is 261 Å². The van der Waals surface area contributed by atoms with Crippen molar-refractivity contribution in [3.63, 3.8) is 0 Å². The average Bonchev–Trinajstić information content (AvgIpc) is 3.61. The van der Waals surface area contributed by atoms with Crippen LogP contribution in [0.1, 0.15) is 0 Å². The van der Waals surface area contributed by atoms with E-state index in [-0.39, 0.29) is 0 Å². The van der Waals surface area contributed by atoms with Crippen molar-refractivity contribution in [3.05, 3.63) is 170 Å². The van der Waals surface area contributed by atoms with E-state index in [0.29, 0.717) is 0 Å². The van der Waals surface area contributed by atoms with Crippen LogP contribution in [0.15, 0.2) is 174 Å². The van der Waals surface area contributed by atoms with E-state index in [9.17, 15) is 0 Å². The summed E-state index contributed by atoms with van der Waals surface area (Å²) in [6.45, 7) is 0. The van der Waals surface area contributed by atoms with Gasteiger partial charge in [-0.05, 0) is 95.7 Å². The minimum atomic E-state index is 0.862. The van der Waals surface area contributed by atoms with Crippen LogP contribution >= 0.6 is 0 Å². The van der Waals surface area contributed by atoms with E-state index >= 15 is 0 Å². The molecule has 0 radical (unpaired) electrons. The Kier molecular flexibility index (Phi) is 5.89.